The van der Waals surface area contributed by atoms with Gasteiger partial charge in [-0.05, 0) is 31.7 Å². The Labute approximate surface area is 81.0 Å². The Morgan fingerprint density at radius 2 is 2.00 bits per heavy atom. The topological polar surface area (TPSA) is 21.3 Å². The SMILES string of the molecule is CC1CCCCC1O[C@H]1CCNC1. The fourth-order valence-corrected chi connectivity index (χ4v) is 2.48. The molecule has 0 bridgehead atoms. The first kappa shape index (κ1) is 9.47. The van der Waals surface area contributed by atoms with Crippen LogP contribution in [0, 0.1) is 5.92 Å². The van der Waals surface area contributed by atoms with Gasteiger partial charge in [0.2, 0.25) is 0 Å². The molecule has 1 N–H and O–H groups in total. The molecule has 0 aromatic rings. The van der Waals surface area contributed by atoms with E-state index in [9.17, 15) is 0 Å². The van der Waals surface area contributed by atoms with Crippen LogP contribution < -0.4 is 5.32 Å². The van der Waals surface area contributed by atoms with Gasteiger partial charge in [0.15, 0.2) is 0 Å². The molecule has 2 heteroatoms. The highest BCUT2D eigenvalue weighted by Crippen LogP contribution is 2.27. The molecule has 1 saturated carbocycles. The van der Waals surface area contributed by atoms with E-state index in [0.29, 0.717) is 12.2 Å². The van der Waals surface area contributed by atoms with Crippen molar-refractivity contribution in [2.24, 2.45) is 5.92 Å². The van der Waals surface area contributed by atoms with E-state index in [0.717, 1.165) is 19.0 Å². The van der Waals surface area contributed by atoms with Crippen LogP contribution in [0.25, 0.3) is 0 Å². The molecule has 2 nitrogen and oxygen atoms in total. The molecule has 2 rings (SSSR count). The molecule has 1 saturated heterocycles. The van der Waals surface area contributed by atoms with Gasteiger partial charge in [-0.2, -0.15) is 0 Å². The van der Waals surface area contributed by atoms with Gasteiger partial charge in [0.1, 0.15) is 0 Å². The Bertz CT molecular complexity index is 154. The maximum absolute atomic E-state index is 6.10. The average Bonchev–Trinajstić information content (AvgIpc) is 2.61. The smallest absolute Gasteiger partial charge is 0.0715 e. The molecule has 0 aromatic heterocycles. The number of hydrogen-bond donors (Lipinski definition) is 1. The molecular formula is C11H21NO. The third-order valence-corrected chi connectivity index (χ3v) is 3.42. The van der Waals surface area contributed by atoms with E-state index in [-0.39, 0.29) is 0 Å². The van der Waals surface area contributed by atoms with E-state index in [1.54, 1.807) is 0 Å². The first-order valence-electron chi connectivity index (χ1n) is 5.72. The summed E-state index contributed by atoms with van der Waals surface area (Å²) in [7, 11) is 0. The summed E-state index contributed by atoms with van der Waals surface area (Å²) in [5.41, 5.74) is 0. The summed E-state index contributed by atoms with van der Waals surface area (Å²) < 4.78 is 6.10. The minimum atomic E-state index is 0.505. The fraction of sp³-hybridized carbons (Fsp3) is 1.00. The molecule has 2 aliphatic rings. The molecule has 3 atom stereocenters. The summed E-state index contributed by atoms with van der Waals surface area (Å²) in [6.07, 6.45) is 7.70. The summed E-state index contributed by atoms with van der Waals surface area (Å²) in [5.74, 6) is 0.786. The van der Waals surface area contributed by atoms with Crippen molar-refractivity contribution >= 4 is 0 Å². The average molecular weight is 183 g/mol. The van der Waals surface area contributed by atoms with Gasteiger partial charge in [0, 0.05) is 6.54 Å². The lowest BCUT2D eigenvalue weighted by Crippen LogP contribution is -2.31. The van der Waals surface area contributed by atoms with Crippen LogP contribution in [0.3, 0.4) is 0 Å². The summed E-state index contributed by atoms with van der Waals surface area (Å²) >= 11 is 0. The monoisotopic (exact) mass is 183 g/mol. The van der Waals surface area contributed by atoms with Gasteiger partial charge in [0.25, 0.3) is 0 Å². The molecule has 1 aliphatic carbocycles. The van der Waals surface area contributed by atoms with Crippen molar-refractivity contribution in [3.63, 3.8) is 0 Å². The lowest BCUT2D eigenvalue weighted by atomic mass is 9.88. The molecule has 2 fully saturated rings. The Balaban J connectivity index is 1.78. The lowest BCUT2D eigenvalue weighted by Gasteiger charge is -2.30. The van der Waals surface area contributed by atoms with Gasteiger partial charge >= 0.3 is 0 Å². The van der Waals surface area contributed by atoms with E-state index in [4.69, 9.17) is 4.74 Å². The lowest BCUT2D eigenvalue weighted by molar-refractivity contribution is -0.0467. The first-order chi connectivity index (χ1) is 6.36. The van der Waals surface area contributed by atoms with Gasteiger partial charge in [-0.3, -0.25) is 0 Å². The highest BCUT2D eigenvalue weighted by atomic mass is 16.5. The molecular weight excluding hydrogens is 162 g/mol. The summed E-state index contributed by atoms with van der Waals surface area (Å²) in [6.45, 7) is 4.56. The number of hydrogen-bond acceptors (Lipinski definition) is 2. The molecule has 0 radical (unpaired) electrons. The van der Waals surface area contributed by atoms with Gasteiger partial charge in [-0.25, -0.2) is 0 Å². The fourth-order valence-electron chi connectivity index (χ4n) is 2.48. The predicted octanol–water partition coefficient (Wildman–Crippen LogP) is 1.94. The summed E-state index contributed by atoms with van der Waals surface area (Å²) in [6, 6.07) is 0. The molecule has 0 spiro atoms. The second kappa shape index (κ2) is 4.43. The highest BCUT2D eigenvalue weighted by Gasteiger charge is 2.26. The molecule has 1 aliphatic heterocycles. The molecule has 2 unspecified atom stereocenters. The number of nitrogens with one attached hydrogen (secondary N) is 1. The van der Waals surface area contributed by atoms with Gasteiger partial charge in [0.05, 0.1) is 12.2 Å². The predicted molar refractivity (Wildman–Crippen MR) is 53.8 cm³/mol. The zero-order chi connectivity index (χ0) is 9.10. The van der Waals surface area contributed by atoms with E-state index < -0.39 is 0 Å². The van der Waals surface area contributed by atoms with Crippen LogP contribution >= 0.6 is 0 Å². The normalized spacial score (nSPS) is 40.8. The molecule has 76 valence electrons. The van der Waals surface area contributed by atoms with Crippen LogP contribution in [-0.4, -0.2) is 25.3 Å². The Morgan fingerprint density at radius 1 is 1.15 bits per heavy atom. The minimum absolute atomic E-state index is 0.505. The maximum atomic E-state index is 6.10. The van der Waals surface area contributed by atoms with Crippen LogP contribution in [0.1, 0.15) is 39.0 Å². The van der Waals surface area contributed by atoms with E-state index >= 15 is 0 Å². The standard InChI is InChI=1S/C11H21NO/c1-9-4-2-3-5-11(9)13-10-6-7-12-8-10/h9-12H,2-8H2,1H3/t9?,10-,11?/m0/s1. The van der Waals surface area contributed by atoms with Crippen molar-refractivity contribution in [2.45, 2.75) is 51.2 Å². The van der Waals surface area contributed by atoms with E-state index in [1.807, 2.05) is 0 Å². The van der Waals surface area contributed by atoms with Crippen LogP contribution in [0.15, 0.2) is 0 Å². The van der Waals surface area contributed by atoms with Crippen molar-refractivity contribution in [1.82, 2.24) is 5.32 Å². The second-order valence-electron chi connectivity index (χ2n) is 4.55. The highest BCUT2D eigenvalue weighted by molar-refractivity contribution is 4.77. The van der Waals surface area contributed by atoms with Gasteiger partial charge < -0.3 is 10.1 Å². The van der Waals surface area contributed by atoms with Gasteiger partial charge in [-0.15, -0.1) is 0 Å². The van der Waals surface area contributed by atoms with Crippen molar-refractivity contribution < 1.29 is 4.74 Å². The van der Waals surface area contributed by atoms with Crippen LogP contribution in [-0.2, 0) is 4.74 Å². The Hall–Kier alpha value is -0.0800. The van der Waals surface area contributed by atoms with Crippen LogP contribution in [0.5, 0.6) is 0 Å². The van der Waals surface area contributed by atoms with Crippen molar-refractivity contribution in [3.8, 4) is 0 Å². The third-order valence-electron chi connectivity index (χ3n) is 3.42. The molecule has 13 heavy (non-hydrogen) atoms. The van der Waals surface area contributed by atoms with Crippen LogP contribution in [0.2, 0.25) is 0 Å². The molecule has 1 heterocycles. The summed E-state index contributed by atoms with van der Waals surface area (Å²) in [4.78, 5) is 0. The van der Waals surface area contributed by atoms with Crippen LogP contribution in [0.4, 0.5) is 0 Å². The zero-order valence-electron chi connectivity index (χ0n) is 8.59. The molecule has 0 amide bonds. The Morgan fingerprint density at radius 3 is 2.69 bits per heavy atom. The third kappa shape index (κ3) is 2.44. The maximum Gasteiger partial charge on any atom is 0.0715 e. The van der Waals surface area contributed by atoms with Crippen molar-refractivity contribution in [2.75, 3.05) is 13.1 Å². The Kier molecular flexibility index (Phi) is 3.23. The van der Waals surface area contributed by atoms with Crippen molar-refractivity contribution in [1.29, 1.82) is 0 Å². The van der Waals surface area contributed by atoms with Gasteiger partial charge in [-0.1, -0.05) is 19.8 Å². The largest absolute Gasteiger partial charge is 0.373 e. The number of ether oxygens (including phenoxy) is 1. The number of rotatable bonds is 2. The second-order valence-corrected chi connectivity index (χ2v) is 4.55. The van der Waals surface area contributed by atoms with E-state index in [1.165, 1.54) is 32.1 Å². The first-order valence-corrected chi connectivity index (χ1v) is 5.72. The van der Waals surface area contributed by atoms with Crippen molar-refractivity contribution in [3.05, 3.63) is 0 Å². The summed E-state index contributed by atoms with van der Waals surface area (Å²) in [5, 5.41) is 3.35. The minimum Gasteiger partial charge on any atom is -0.373 e. The molecule has 0 aromatic carbocycles. The zero-order valence-corrected chi connectivity index (χ0v) is 8.59. The quantitative estimate of drug-likeness (QED) is 0.706. The van der Waals surface area contributed by atoms with E-state index in [2.05, 4.69) is 12.2 Å².